The first kappa shape index (κ1) is 61.4. The van der Waals surface area contributed by atoms with Crippen molar-refractivity contribution < 1.29 is 42.7 Å². The number of rotatable bonds is 45. The van der Waals surface area contributed by atoms with Crippen molar-refractivity contribution in [2.75, 3.05) is 26.4 Å². The fraction of sp³-hybridized carbons (Fsp3) is 0.593. The summed E-state index contributed by atoms with van der Waals surface area (Å²) in [5, 5.41) is 8.92. The number of carboxylic acids is 1. The second-order valence-corrected chi connectivity index (χ2v) is 17.3. The van der Waals surface area contributed by atoms with Crippen LogP contribution in [0, 0.1) is 0 Å². The standard InChI is InChI=1S/C54H88NO9P/c1-3-5-7-9-11-13-15-17-19-21-23-25-26-27-28-30-32-34-36-38-40-42-44-46-53(56)64-51(49-62-65(59,60)63-50-52(55)54(57)58)48-61-47-45-43-41-39-37-35-33-31-29-24-22-20-18-16-14-12-10-8-6-4-2/h5-8,11-14,17-20,23-25,29,33,35,39,41,51-52H,3-4,9-10,15-16,21-22,26-28,30-32,34,36-38,40,42-50,55H2,1-2H3,(H,57,58)(H,59,60)/b7-5-,8-6-,13-11-,14-12-,19-17-,20-18-,25-23-,29-24-,35-33-,41-39-. The molecule has 0 saturated heterocycles. The van der Waals surface area contributed by atoms with E-state index in [-0.39, 0.29) is 13.0 Å². The number of unbranched alkanes of at least 4 members (excludes halogenated alkanes) is 11. The minimum atomic E-state index is -4.65. The van der Waals surface area contributed by atoms with Crippen LogP contribution in [-0.2, 0) is 32.7 Å². The highest BCUT2D eigenvalue weighted by atomic mass is 31.2. The van der Waals surface area contributed by atoms with Gasteiger partial charge in [-0.25, -0.2) is 4.57 Å². The van der Waals surface area contributed by atoms with Gasteiger partial charge in [-0.1, -0.05) is 187 Å². The van der Waals surface area contributed by atoms with Gasteiger partial charge in [0.05, 0.1) is 19.8 Å². The Morgan fingerprint density at radius 3 is 1.26 bits per heavy atom. The van der Waals surface area contributed by atoms with E-state index in [1.54, 1.807) is 0 Å². The normalized spacial score (nSPS) is 14.8. The lowest BCUT2D eigenvalue weighted by Crippen LogP contribution is -2.34. The third-order valence-corrected chi connectivity index (χ3v) is 10.7. The van der Waals surface area contributed by atoms with Crippen LogP contribution in [0.5, 0.6) is 0 Å². The number of carbonyl (C=O) groups is 2. The zero-order valence-electron chi connectivity index (χ0n) is 40.3. The second-order valence-electron chi connectivity index (χ2n) is 15.8. The largest absolute Gasteiger partial charge is 0.480 e. The molecule has 0 bridgehead atoms. The Labute approximate surface area is 394 Å². The number of phosphoric acid groups is 1. The Kier molecular flexibility index (Phi) is 45.6. The molecule has 0 radical (unpaired) electrons. The Morgan fingerprint density at radius 1 is 0.492 bits per heavy atom. The van der Waals surface area contributed by atoms with Gasteiger partial charge in [0, 0.05) is 13.0 Å². The van der Waals surface area contributed by atoms with Crippen LogP contribution in [0.1, 0.15) is 168 Å². The van der Waals surface area contributed by atoms with E-state index in [4.69, 9.17) is 29.4 Å². The van der Waals surface area contributed by atoms with Crippen LogP contribution in [-0.4, -0.2) is 60.5 Å². The Balaban J connectivity index is 4.29. The number of carbonyl (C=O) groups excluding carboxylic acids is 1. The van der Waals surface area contributed by atoms with Gasteiger partial charge < -0.3 is 25.2 Å². The van der Waals surface area contributed by atoms with Crippen molar-refractivity contribution >= 4 is 19.8 Å². The number of hydrogen-bond donors (Lipinski definition) is 3. The molecule has 0 fully saturated rings. The molecule has 4 N–H and O–H groups in total. The molecular weight excluding hydrogens is 838 g/mol. The molecule has 368 valence electrons. The van der Waals surface area contributed by atoms with Crippen molar-refractivity contribution in [2.24, 2.45) is 5.73 Å². The molecule has 11 heteroatoms. The summed E-state index contributed by atoms with van der Waals surface area (Å²) in [7, 11) is -4.65. The van der Waals surface area contributed by atoms with E-state index in [1.807, 2.05) is 0 Å². The van der Waals surface area contributed by atoms with Gasteiger partial charge in [-0.3, -0.25) is 18.6 Å². The van der Waals surface area contributed by atoms with Crippen LogP contribution in [0.25, 0.3) is 0 Å². The smallest absolute Gasteiger partial charge is 0.472 e. The maximum atomic E-state index is 12.7. The molecule has 3 atom stereocenters. The predicted molar refractivity (Wildman–Crippen MR) is 272 cm³/mol. The van der Waals surface area contributed by atoms with Gasteiger partial charge in [-0.05, 0) is 96.3 Å². The molecule has 0 saturated carbocycles. The highest BCUT2D eigenvalue weighted by Crippen LogP contribution is 2.43. The monoisotopic (exact) mass is 926 g/mol. The lowest BCUT2D eigenvalue weighted by atomic mass is 10.0. The topological polar surface area (TPSA) is 155 Å². The highest BCUT2D eigenvalue weighted by Gasteiger charge is 2.27. The van der Waals surface area contributed by atoms with Gasteiger partial charge in [-0.15, -0.1) is 0 Å². The maximum Gasteiger partial charge on any atom is 0.472 e. The lowest BCUT2D eigenvalue weighted by molar-refractivity contribution is -0.154. The van der Waals surface area contributed by atoms with E-state index in [0.717, 1.165) is 103 Å². The zero-order chi connectivity index (χ0) is 47.6. The Morgan fingerprint density at radius 2 is 0.846 bits per heavy atom. The molecule has 3 unspecified atom stereocenters. The fourth-order valence-electron chi connectivity index (χ4n) is 6.02. The summed E-state index contributed by atoms with van der Waals surface area (Å²) >= 11 is 0. The number of hydrogen-bond acceptors (Lipinski definition) is 8. The van der Waals surface area contributed by atoms with E-state index >= 15 is 0 Å². The molecule has 0 aromatic carbocycles. The number of aliphatic carboxylic acids is 1. The molecule has 65 heavy (non-hydrogen) atoms. The van der Waals surface area contributed by atoms with Crippen LogP contribution >= 0.6 is 7.82 Å². The van der Waals surface area contributed by atoms with Crippen LogP contribution in [0.15, 0.2) is 122 Å². The molecule has 0 aromatic heterocycles. The van der Waals surface area contributed by atoms with E-state index in [2.05, 4.69) is 135 Å². The third-order valence-electron chi connectivity index (χ3n) is 9.74. The molecule has 0 spiro atoms. The molecular formula is C54H88NO9P. The molecule has 0 aliphatic carbocycles. The third kappa shape index (κ3) is 48.1. The first-order chi connectivity index (χ1) is 31.7. The average Bonchev–Trinajstić information content (AvgIpc) is 3.29. The first-order valence-electron chi connectivity index (χ1n) is 24.6. The van der Waals surface area contributed by atoms with Crippen molar-refractivity contribution in [1.29, 1.82) is 0 Å². The lowest BCUT2D eigenvalue weighted by Gasteiger charge is -2.20. The summed E-state index contributed by atoms with van der Waals surface area (Å²) in [6.45, 7) is 3.48. The summed E-state index contributed by atoms with van der Waals surface area (Å²) < 4.78 is 33.4. The van der Waals surface area contributed by atoms with Crippen molar-refractivity contribution in [3.63, 3.8) is 0 Å². The molecule has 10 nitrogen and oxygen atoms in total. The minimum absolute atomic E-state index is 0.0332. The van der Waals surface area contributed by atoms with Crippen LogP contribution in [0.3, 0.4) is 0 Å². The van der Waals surface area contributed by atoms with Gasteiger partial charge >= 0.3 is 19.8 Å². The van der Waals surface area contributed by atoms with Gasteiger partial charge in [0.25, 0.3) is 0 Å². The van der Waals surface area contributed by atoms with Crippen LogP contribution < -0.4 is 5.73 Å². The zero-order valence-corrected chi connectivity index (χ0v) is 41.2. The summed E-state index contributed by atoms with van der Waals surface area (Å²) in [4.78, 5) is 33.7. The molecule has 0 aliphatic rings. The van der Waals surface area contributed by atoms with E-state index < -0.39 is 45.1 Å². The number of ether oxygens (including phenoxy) is 2. The summed E-state index contributed by atoms with van der Waals surface area (Å²) in [6, 6.07) is -1.49. The van der Waals surface area contributed by atoms with Crippen LogP contribution in [0.4, 0.5) is 0 Å². The highest BCUT2D eigenvalue weighted by molar-refractivity contribution is 7.47. The maximum absolute atomic E-state index is 12.7. The molecule has 0 amide bonds. The van der Waals surface area contributed by atoms with Crippen molar-refractivity contribution in [3.8, 4) is 0 Å². The van der Waals surface area contributed by atoms with Gasteiger partial charge in [0.15, 0.2) is 0 Å². The molecule has 0 rings (SSSR count). The average molecular weight is 926 g/mol. The summed E-state index contributed by atoms with van der Waals surface area (Å²) in [5.41, 5.74) is 5.37. The fourth-order valence-corrected chi connectivity index (χ4v) is 6.80. The minimum Gasteiger partial charge on any atom is -0.480 e. The van der Waals surface area contributed by atoms with E-state index in [0.29, 0.717) is 13.0 Å². The number of esters is 1. The van der Waals surface area contributed by atoms with Crippen molar-refractivity contribution in [1.82, 2.24) is 0 Å². The van der Waals surface area contributed by atoms with E-state index in [9.17, 15) is 19.0 Å². The van der Waals surface area contributed by atoms with Crippen molar-refractivity contribution in [3.05, 3.63) is 122 Å². The summed E-state index contributed by atoms with van der Waals surface area (Å²) in [5.74, 6) is -1.82. The van der Waals surface area contributed by atoms with Crippen molar-refractivity contribution in [2.45, 2.75) is 180 Å². The molecule has 0 heterocycles. The van der Waals surface area contributed by atoms with Gasteiger partial charge in [0.2, 0.25) is 0 Å². The Bertz CT molecular complexity index is 1490. The first-order valence-corrected chi connectivity index (χ1v) is 26.1. The number of phosphoric ester groups is 1. The number of allylic oxidation sites excluding steroid dienone is 20. The quantitative estimate of drug-likeness (QED) is 0.0233. The van der Waals surface area contributed by atoms with E-state index in [1.165, 1.54) is 38.5 Å². The summed E-state index contributed by atoms with van der Waals surface area (Å²) in [6.07, 6.45) is 66.9. The molecule has 0 aliphatic heterocycles. The Hall–Kier alpha value is -3.63. The van der Waals surface area contributed by atoms with Crippen LogP contribution in [0.2, 0.25) is 0 Å². The van der Waals surface area contributed by atoms with Gasteiger partial charge in [0.1, 0.15) is 12.1 Å². The SMILES string of the molecule is CC/C=C\C/C=C\C/C=C\C/C=C\C/C=C\C/C=C\CCCOCC(COP(=O)(O)OCC(N)C(=O)O)OC(=O)CCCCCCCCCCCC/C=C\C/C=C\C/C=C\C/C=C\CC. The number of carboxylic acid groups (broad SMARTS) is 1. The molecule has 0 aromatic rings. The second kappa shape index (κ2) is 48.3. The van der Waals surface area contributed by atoms with Gasteiger partial charge in [-0.2, -0.15) is 0 Å². The number of nitrogens with two attached hydrogens (primary N) is 1. The predicted octanol–water partition coefficient (Wildman–Crippen LogP) is 14.4.